The number of aromatic nitrogens is 2. The van der Waals surface area contributed by atoms with Gasteiger partial charge < -0.3 is 14.2 Å². The first kappa shape index (κ1) is 16.1. The molecular weight excluding hydrogens is 320 g/mol. The molecule has 0 radical (unpaired) electrons. The number of carbonyl (C=O) groups is 1. The highest BCUT2D eigenvalue weighted by atomic mass is 16.6. The molecule has 132 valence electrons. The Morgan fingerprint density at radius 3 is 2.80 bits per heavy atom. The summed E-state index contributed by atoms with van der Waals surface area (Å²) in [7, 11) is 1.80. The number of ether oxygens (including phenoxy) is 1. The van der Waals surface area contributed by atoms with Crippen molar-refractivity contribution >= 4 is 6.09 Å². The number of hydrogen-bond acceptors (Lipinski definition) is 6. The van der Waals surface area contributed by atoms with Crippen molar-refractivity contribution in [1.29, 1.82) is 0 Å². The molecular formula is C18H22N4O3. The Bertz CT molecular complexity index is 748. The van der Waals surface area contributed by atoms with Crippen molar-refractivity contribution in [2.24, 2.45) is 0 Å². The quantitative estimate of drug-likeness (QED) is 0.854. The summed E-state index contributed by atoms with van der Waals surface area (Å²) in [5, 5.41) is 4.11. The topological polar surface area (TPSA) is 71.7 Å². The smallest absolute Gasteiger partial charge is 0.410 e. The van der Waals surface area contributed by atoms with Crippen LogP contribution in [0.15, 0.2) is 34.9 Å². The zero-order chi connectivity index (χ0) is 17.3. The van der Waals surface area contributed by atoms with E-state index in [9.17, 15) is 4.79 Å². The first-order valence-corrected chi connectivity index (χ1v) is 8.68. The number of benzene rings is 1. The third kappa shape index (κ3) is 3.37. The maximum Gasteiger partial charge on any atom is 0.410 e. The lowest BCUT2D eigenvalue weighted by molar-refractivity contribution is 0.0442. The van der Waals surface area contributed by atoms with E-state index in [0.29, 0.717) is 24.8 Å². The van der Waals surface area contributed by atoms with Crippen molar-refractivity contribution < 1.29 is 14.1 Å². The van der Waals surface area contributed by atoms with Gasteiger partial charge in [0, 0.05) is 25.6 Å². The SMILES string of the molecule is CN1CC2(CCCN(Cc3noc(-c4ccccc4)n3)CC2)OC1=O. The summed E-state index contributed by atoms with van der Waals surface area (Å²) in [6.07, 6.45) is 2.53. The molecule has 1 spiro atoms. The van der Waals surface area contributed by atoms with E-state index in [-0.39, 0.29) is 11.7 Å². The van der Waals surface area contributed by atoms with Gasteiger partial charge in [-0.05, 0) is 31.5 Å². The number of likely N-dealkylation sites (tertiary alicyclic amines) is 1. The third-order valence-electron chi connectivity index (χ3n) is 4.99. The fourth-order valence-electron chi connectivity index (χ4n) is 3.65. The first-order chi connectivity index (χ1) is 12.1. The molecule has 1 unspecified atom stereocenters. The fourth-order valence-corrected chi connectivity index (χ4v) is 3.65. The minimum absolute atomic E-state index is 0.209. The van der Waals surface area contributed by atoms with Crippen LogP contribution in [0.5, 0.6) is 0 Å². The Kier molecular flexibility index (Phi) is 4.17. The van der Waals surface area contributed by atoms with Gasteiger partial charge in [-0.2, -0.15) is 4.98 Å². The largest absolute Gasteiger partial charge is 0.441 e. The number of amides is 1. The number of hydrogen-bond donors (Lipinski definition) is 0. The lowest BCUT2D eigenvalue weighted by Gasteiger charge is -2.25. The lowest BCUT2D eigenvalue weighted by Crippen LogP contribution is -2.35. The maximum atomic E-state index is 11.7. The van der Waals surface area contributed by atoms with Gasteiger partial charge >= 0.3 is 6.09 Å². The highest BCUT2D eigenvalue weighted by Crippen LogP contribution is 2.32. The molecule has 2 saturated heterocycles. The van der Waals surface area contributed by atoms with Gasteiger partial charge in [0.05, 0.1) is 13.1 Å². The van der Waals surface area contributed by atoms with Crippen molar-refractivity contribution in [2.75, 3.05) is 26.7 Å². The van der Waals surface area contributed by atoms with Gasteiger partial charge in [0.2, 0.25) is 0 Å². The van der Waals surface area contributed by atoms with Crippen molar-refractivity contribution in [1.82, 2.24) is 19.9 Å². The van der Waals surface area contributed by atoms with E-state index in [0.717, 1.165) is 37.9 Å². The molecule has 25 heavy (non-hydrogen) atoms. The predicted molar refractivity (Wildman–Crippen MR) is 90.7 cm³/mol. The Balaban J connectivity index is 1.39. The van der Waals surface area contributed by atoms with Crippen LogP contribution in [0, 0.1) is 0 Å². The van der Waals surface area contributed by atoms with E-state index in [4.69, 9.17) is 9.26 Å². The van der Waals surface area contributed by atoms with Gasteiger partial charge in [-0.1, -0.05) is 23.4 Å². The van der Waals surface area contributed by atoms with E-state index in [1.54, 1.807) is 11.9 Å². The molecule has 3 heterocycles. The van der Waals surface area contributed by atoms with Crippen molar-refractivity contribution in [2.45, 2.75) is 31.4 Å². The molecule has 1 atom stereocenters. The summed E-state index contributed by atoms with van der Waals surface area (Å²) >= 11 is 0. The van der Waals surface area contributed by atoms with Gasteiger partial charge in [0.1, 0.15) is 5.60 Å². The zero-order valence-electron chi connectivity index (χ0n) is 14.4. The molecule has 4 rings (SSSR count). The highest BCUT2D eigenvalue weighted by molar-refractivity contribution is 5.70. The number of rotatable bonds is 3. The van der Waals surface area contributed by atoms with Crippen LogP contribution in [-0.2, 0) is 11.3 Å². The Morgan fingerprint density at radius 2 is 2.04 bits per heavy atom. The van der Waals surface area contributed by atoms with Gasteiger partial charge in [-0.3, -0.25) is 4.90 Å². The average molecular weight is 342 g/mol. The molecule has 0 N–H and O–H groups in total. The van der Waals surface area contributed by atoms with Gasteiger partial charge in [0.25, 0.3) is 5.89 Å². The summed E-state index contributed by atoms with van der Waals surface area (Å²) in [6.45, 7) is 3.13. The Morgan fingerprint density at radius 1 is 1.20 bits per heavy atom. The molecule has 2 aliphatic heterocycles. The van der Waals surface area contributed by atoms with Crippen LogP contribution in [0.3, 0.4) is 0 Å². The van der Waals surface area contributed by atoms with Crippen molar-refractivity contribution in [3.63, 3.8) is 0 Å². The molecule has 1 amide bonds. The fraction of sp³-hybridized carbons (Fsp3) is 0.500. The summed E-state index contributed by atoms with van der Waals surface area (Å²) < 4.78 is 11.0. The maximum absolute atomic E-state index is 11.7. The van der Waals surface area contributed by atoms with E-state index >= 15 is 0 Å². The molecule has 2 aliphatic rings. The molecule has 2 fully saturated rings. The van der Waals surface area contributed by atoms with Crippen LogP contribution in [0.1, 0.15) is 25.1 Å². The summed E-state index contributed by atoms with van der Waals surface area (Å²) in [6, 6.07) is 9.78. The van der Waals surface area contributed by atoms with Crippen molar-refractivity contribution in [3.05, 3.63) is 36.2 Å². The molecule has 1 aromatic heterocycles. The van der Waals surface area contributed by atoms with Crippen LogP contribution in [0.25, 0.3) is 11.5 Å². The second-order valence-electron chi connectivity index (χ2n) is 6.92. The van der Waals surface area contributed by atoms with Crippen LogP contribution < -0.4 is 0 Å². The molecule has 0 saturated carbocycles. The lowest BCUT2D eigenvalue weighted by atomic mass is 9.95. The Hall–Kier alpha value is -2.41. The zero-order valence-corrected chi connectivity index (χ0v) is 14.4. The minimum atomic E-state index is -0.326. The molecule has 1 aromatic carbocycles. The van der Waals surface area contributed by atoms with E-state index in [2.05, 4.69) is 15.0 Å². The van der Waals surface area contributed by atoms with Gasteiger partial charge in [-0.25, -0.2) is 4.79 Å². The molecule has 0 aliphatic carbocycles. The molecule has 0 bridgehead atoms. The first-order valence-electron chi connectivity index (χ1n) is 8.68. The van der Waals surface area contributed by atoms with Gasteiger partial charge in [0.15, 0.2) is 5.82 Å². The summed E-state index contributed by atoms with van der Waals surface area (Å²) in [5.41, 5.74) is 0.601. The number of nitrogens with zero attached hydrogens (tertiary/aromatic N) is 4. The highest BCUT2D eigenvalue weighted by Gasteiger charge is 2.44. The van der Waals surface area contributed by atoms with Crippen LogP contribution in [0.4, 0.5) is 4.79 Å². The summed E-state index contributed by atoms with van der Waals surface area (Å²) in [4.78, 5) is 20.2. The van der Waals surface area contributed by atoms with Crippen LogP contribution in [0.2, 0.25) is 0 Å². The normalized spacial score (nSPS) is 24.5. The molecule has 7 nitrogen and oxygen atoms in total. The van der Waals surface area contributed by atoms with Crippen LogP contribution in [-0.4, -0.2) is 58.3 Å². The molecule has 7 heteroatoms. The second-order valence-corrected chi connectivity index (χ2v) is 6.92. The van der Waals surface area contributed by atoms with Crippen molar-refractivity contribution in [3.8, 4) is 11.5 Å². The predicted octanol–water partition coefficient (Wildman–Crippen LogP) is 2.54. The van der Waals surface area contributed by atoms with Crippen LogP contribution >= 0.6 is 0 Å². The second kappa shape index (κ2) is 6.48. The molecule has 2 aromatic rings. The third-order valence-corrected chi connectivity index (χ3v) is 4.99. The number of likely N-dealkylation sites (N-methyl/N-ethyl adjacent to an activating group) is 1. The summed E-state index contributed by atoms with van der Waals surface area (Å²) in [5.74, 6) is 1.24. The van der Waals surface area contributed by atoms with Gasteiger partial charge in [-0.15, -0.1) is 0 Å². The monoisotopic (exact) mass is 342 g/mol. The Labute approximate surface area is 146 Å². The van der Waals surface area contributed by atoms with E-state index in [1.807, 2.05) is 30.3 Å². The standard InChI is InChI=1S/C18H22N4O3/c1-21-13-18(24-17(21)23)8-5-10-22(11-9-18)12-15-19-16(25-20-15)14-6-3-2-4-7-14/h2-4,6-7H,5,8-13H2,1H3. The number of carbonyl (C=O) groups excluding carboxylic acids is 1. The van der Waals surface area contributed by atoms with E-state index in [1.165, 1.54) is 0 Å². The van der Waals surface area contributed by atoms with E-state index < -0.39 is 0 Å². The minimum Gasteiger partial charge on any atom is -0.441 e. The average Bonchev–Trinajstić information content (AvgIpc) is 3.12.